The molecule has 7 heteroatoms. The first-order chi connectivity index (χ1) is 11.9. The number of hydrogen-bond donors (Lipinski definition) is 0. The first kappa shape index (κ1) is 17.1. The number of rotatable bonds is 3. The first-order valence-electron chi connectivity index (χ1n) is 7.70. The number of amidine groups is 1. The first-order valence-corrected chi connectivity index (χ1v) is 8.07. The highest BCUT2D eigenvalue weighted by molar-refractivity contribution is 6.30. The number of urea groups is 1. The molecule has 2 aliphatic heterocycles. The summed E-state index contributed by atoms with van der Waals surface area (Å²) in [5.41, 5.74) is 0.920. The Morgan fingerprint density at radius 1 is 1.28 bits per heavy atom. The van der Waals surface area contributed by atoms with E-state index in [4.69, 9.17) is 18.0 Å². The fourth-order valence-electron chi connectivity index (χ4n) is 2.97. The average Bonchev–Trinajstić information content (AvgIpc) is 2.92. The molecule has 0 bridgehead atoms. The van der Waals surface area contributed by atoms with E-state index in [1.165, 1.54) is 4.90 Å². The number of nitrogens with zero attached hydrogens (tertiary/aromatic N) is 4. The summed E-state index contributed by atoms with van der Waals surface area (Å²) in [5, 5.41) is 0.642. The molecule has 128 valence electrons. The van der Waals surface area contributed by atoms with Crippen molar-refractivity contribution in [2.45, 2.75) is 12.2 Å². The Hall–Kier alpha value is -2.78. The van der Waals surface area contributed by atoms with Crippen LogP contribution in [0.1, 0.15) is 5.56 Å². The maximum atomic E-state index is 12.7. The Morgan fingerprint density at radius 2 is 2.04 bits per heavy atom. The molecule has 0 aromatic heterocycles. The quantitative estimate of drug-likeness (QED) is 0.777. The van der Waals surface area contributed by atoms with E-state index < -0.39 is 18.2 Å². The highest BCUT2D eigenvalue weighted by Gasteiger charge is 2.50. The number of amides is 3. The summed E-state index contributed by atoms with van der Waals surface area (Å²) in [6.07, 6.45) is 8.39. The number of halogens is 1. The van der Waals surface area contributed by atoms with Gasteiger partial charge in [0.15, 0.2) is 12.2 Å². The zero-order chi connectivity index (χ0) is 18.1. The van der Waals surface area contributed by atoms with Crippen LogP contribution in [-0.2, 0) is 4.79 Å². The summed E-state index contributed by atoms with van der Waals surface area (Å²) in [7, 11) is 3.40. The minimum atomic E-state index is -0.574. The Kier molecular flexibility index (Phi) is 4.51. The molecule has 0 radical (unpaired) electrons. The zero-order valence-electron chi connectivity index (χ0n) is 13.9. The van der Waals surface area contributed by atoms with Crippen molar-refractivity contribution in [2.75, 3.05) is 20.6 Å². The van der Waals surface area contributed by atoms with Gasteiger partial charge in [0, 0.05) is 19.1 Å². The van der Waals surface area contributed by atoms with Crippen LogP contribution in [0.4, 0.5) is 4.79 Å². The SMILES string of the molecule is C#CCN1C(=O)C2C(N=C(C=Cc3cccc(Cl)c3)N2C)N(C)C1=O. The van der Waals surface area contributed by atoms with Crippen LogP contribution in [0.5, 0.6) is 0 Å². The maximum Gasteiger partial charge on any atom is 0.329 e. The molecule has 0 spiro atoms. The number of likely N-dealkylation sites (N-methyl/N-ethyl adjacent to an activating group) is 2. The molecule has 0 aliphatic carbocycles. The molecule has 2 aliphatic rings. The van der Waals surface area contributed by atoms with Gasteiger partial charge in [-0.15, -0.1) is 6.42 Å². The molecular formula is C18H17ClN4O2. The van der Waals surface area contributed by atoms with Gasteiger partial charge in [-0.3, -0.25) is 9.69 Å². The van der Waals surface area contributed by atoms with Gasteiger partial charge in [-0.1, -0.05) is 35.7 Å². The normalized spacial score (nSPS) is 23.1. The van der Waals surface area contributed by atoms with Crippen LogP contribution < -0.4 is 0 Å². The van der Waals surface area contributed by atoms with E-state index in [9.17, 15) is 9.59 Å². The molecular weight excluding hydrogens is 340 g/mol. The van der Waals surface area contributed by atoms with Gasteiger partial charge in [0.25, 0.3) is 5.91 Å². The number of benzene rings is 1. The van der Waals surface area contributed by atoms with Crippen molar-refractivity contribution in [1.82, 2.24) is 14.7 Å². The van der Waals surface area contributed by atoms with Crippen molar-refractivity contribution in [3.8, 4) is 12.3 Å². The van der Waals surface area contributed by atoms with Crippen LogP contribution in [0, 0.1) is 12.3 Å². The van der Waals surface area contributed by atoms with Crippen LogP contribution in [0.2, 0.25) is 5.02 Å². The van der Waals surface area contributed by atoms with Gasteiger partial charge in [0.1, 0.15) is 5.84 Å². The lowest BCUT2D eigenvalue weighted by molar-refractivity contribution is -0.136. The average molecular weight is 357 g/mol. The van der Waals surface area contributed by atoms with E-state index in [2.05, 4.69) is 10.9 Å². The topological polar surface area (TPSA) is 56.2 Å². The van der Waals surface area contributed by atoms with Gasteiger partial charge in [-0.2, -0.15) is 0 Å². The minimum absolute atomic E-state index is 0.0489. The van der Waals surface area contributed by atoms with Gasteiger partial charge in [0.05, 0.1) is 6.54 Å². The summed E-state index contributed by atoms with van der Waals surface area (Å²) in [6.45, 7) is -0.0489. The molecule has 0 saturated carbocycles. The zero-order valence-corrected chi connectivity index (χ0v) is 14.6. The van der Waals surface area contributed by atoms with Crippen molar-refractivity contribution in [3.63, 3.8) is 0 Å². The van der Waals surface area contributed by atoms with Crippen molar-refractivity contribution in [2.24, 2.45) is 4.99 Å². The molecule has 2 heterocycles. The third-order valence-electron chi connectivity index (χ3n) is 4.30. The number of carbonyl (C=O) groups is 2. The van der Waals surface area contributed by atoms with Crippen molar-refractivity contribution >= 4 is 35.5 Å². The summed E-state index contributed by atoms with van der Waals surface area (Å²) in [6, 6.07) is 6.40. The van der Waals surface area contributed by atoms with Crippen LogP contribution in [0.3, 0.4) is 0 Å². The largest absolute Gasteiger partial charge is 0.344 e. The summed E-state index contributed by atoms with van der Waals surface area (Å²) in [4.78, 5) is 33.8. The van der Waals surface area contributed by atoms with E-state index >= 15 is 0 Å². The Bertz CT molecular complexity index is 827. The van der Waals surface area contributed by atoms with E-state index in [0.717, 1.165) is 10.5 Å². The highest BCUT2D eigenvalue weighted by Crippen LogP contribution is 2.27. The number of aliphatic imine (C=N–C) groups is 1. The maximum absolute atomic E-state index is 12.7. The van der Waals surface area contributed by atoms with Gasteiger partial charge in [0.2, 0.25) is 0 Å². The second-order valence-electron chi connectivity index (χ2n) is 5.87. The molecule has 1 aromatic rings. The van der Waals surface area contributed by atoms with E-state index in [1.54, 1.807) is 31.1 Å². The fraction of sp³-hybridized carbons (Fsp3) is 0.278. The molecule has 1 saturated heterocycles. The van der Waals surface area contributed by atoms with E-state index in [-0.39, 0.29) is 12.5 Å². The molecule has 25 heavy (non-hydrogen) atoms. The molecule has 1 aromatic carbocycles. The molecule has 3 rings (SSSR count). The van der Waals surface area contributed by atoms with E-state index in [1.807, 2.05) is 24.3 Å². The third kappa shape index (κ3) is 2.99. The lowest BCUT2D eigenvalue weighted by atomic mass is 10.1. The second kappa shape index (κ2) is 6.61. The van der Waals surface area contributed by atoms with Crippen LogP contribution in [-0.4, -0.2) is 65.3 Å². The predicted octanol–water partition coefficient (Wildman–Crippen LogP) is 1.92. The number of hydrogen-bond acceptors (Lipinski definition) is 4. The molecule has 6 nitrogen and oxygen atoms in total. The Morgan fingerprint density at radius 3 is 2.72 bits per heavy atom. The Labute approximate surface area is 151 Å². The van der Waals surface area contributed by atoms with Crippen LogP contribution >= 0.6 is 11.6 Å². The van der Waals surface area contributed by atoms with Crippen molar-refractivity contribution < 1.29 is 9.59 Å². The standard InChI is InChI=1S/C18H17ClN4O2/c1-4-10-23-17(24)15-16(22(3)18(23)25)20-14(21(15)2)9-8-12-6-5-7-13(19)11-12/h1,5-9,11,15-16H,10H2,2-3H3. The molecule has 0 N–H and O–H groups in total. The monoisotopic (exact) mass is 356 g/mol. The van der Waals surface area contributed by atoms with Gasteiger partial charge in [-0.05, 0) is 23.8 Å². The van der Waals surface area contributed by atoms with Gasteiger partial charge >= 0.3 is 6.03 Å². The summed E-state index contributed by atoms with van der Waals surface area (Å²) in [5.74, 6) is 2.64. The number of terminal acetylenes is 1. The van der Waals surface area contributed by atoms with E-state index in [0.29, 0.717) is 10.9 Å². The highest BCUT2D eigenvalue weighted by atomic mass is 35.5. The second-order valence-corrected chi connectivity index (χ2v) is 6.30. The lowest BCUT2D eigenvalue weighted by Gasteiger charge is -2.39. The van der Waals surface area contributed by atoms with Crippen LogP contribution in [0.15, 0.2) is 35.3 Å². The minimum Gasteiger partial charge on any atom is -0.344 e. The molecule has 3 amide bonds. The third-order valence-corrected chi connectivity index (χ3v) is 4.53. The molecule has 2 atom stereocenters. The summed E-state index contributed by atoms with van der Waals surface area (Å²) < 4.78 is 0. The number of fused-ring (bicyclic) bond motifs is 1. The van der Waals surface area contributed by atoms with Gasteiger partial charge < -0.3 is 9.80 Å². The summed E-state index contributed by atoms with van der Waals surface area (Å²) >= 11 is 5.98. The molecule has 1 fully saturated rings. The lowest BCUT2D eigenvalue weighted by Crippen LogP contribution is -2.64. The van der Waals surface area contributed by atoms with Crippen LogP contribution in [0.25, 0.3) is 6.08 Å². The van der Waals surface area contributed by atoms with Crippen molar-refractivity contribution in [1.29, 1.82) is 0 Å². The van der Waals surface area contributed by atoms with Crippen molar-refractivity contribution in [3.05, 3.63) is 40.9 Å². The Balaban J connectivity index is 1.87. The smallest absolute Gasteiger partial charge is 0.329 e. The number of carbonyl (C=O) groups excluding carboxylic acids is 2. The van der Waals surface area contributed by atoms with Gasteiger partial charge in [-0.25, -0.2) is 9.79 Å². The number of imide groups is 1. The molecule has 2 unspecified atom stereocenters. The fourth-order valence-corrected chi connectivity index (χ4v) is 3.17. The predicted molar refractivity (Wildman–Crippen MR) is 97.0 cm³/mol.